The number of ether oxygens (including phenoxy) is 1. The fourth-order valence-corrected chi connectivity index (χ4v) is 1.67. The Morgan fingerprint density at radius 1 is 1.69 bits per heavy atom. The van der Waals surface area contributed by atoms with Crippen molar-refractivity contribution in [2.45, 2.75) is 19.6 Å². The molecule has 7 heteroatoms. The highest BCUT2D eigenvalue weighted by molar-refractivity contribution is 7.12. The van der Waals surface area contributed by atoms with E-state index < -0.39 is 18.6 Å². The highest BCUT2D eigenvalue weighted by Gasteiger charge is 2.18. The van der Waals surface area contributed by atoms with Crippen LogP contribution in [0.2, 0.25) is 0 Å². The lowest BCUT2D eigenvalue weighted by Crippen LogP contribution is -2.31. The summed E-state index contributed by atoms with van der Waals surface area (Å²) < 4.78 is 28.1. The van der Waals surface area contributed by atoms with Crippen LogP contribution in [-0.4, -0.2) is 18.6 Å². The Morgan fingerprint density at radius 2 is 2.38 bits per heavy atom. The van der Waals surface area contributed by atoms with Crippen molar-refractivity contribution in [2.75, 3.05) is 0 Å². The molecule has 0 saturated carbocycles. The number of alkyl halides is 2. The van der Waals surface area contributed by atoms with Gasteiger partial charge in [-0.25, -0.2) is 0 Å². The smallest absolute Gasteiger partial charge is 0.387 e. The molecule has 1 atom stereocenters. The first-order valence-electron chi connectivity index (χ1n) is 4.27. The lowest BCUT2D eigenvalue weighted by Gasteiger charge is -2.07. The predicted octanol–water partition coefficient (Wildman–Crippen LogP) is 1.99. The van der Waals surface area contributed by atoms with Crippen molar-refractivity contribution in [1.82, 2.24) is 5.32 Å². The summed E-state index contributed by atoms with van der Waals surface area (Å²) in [5.41, 5.74) is 0. The van der Waals surface area contributed by atoms with Gasteiger partial charge in [-0.05, 0) is 18.4 Å². The molecule has 16 heavy (non-hydrogen) atoms. The molecule has 1 rings (SSSR count). The third-order valence-corrected chi connectivity index (χ3v) is 2.49. The second-order valence-electron chi connectivity index (χ2n) is 2.82. The fourth-order valence-electron chi connectivity index (χ4n) is 0.946. The van der Waals surface area contributed by atoms with Gasteiger partial charge < -0.3 is 10.1 Å². The van der Waals surface area contributed by atoms with E-state index in [0.717, 1.165) is 11.3 Å². The summed E-state index contributed by atoms with van der Waals surface area (Å²) in [4.78, 5) is 11.5. The lowest BCUT2D eigenvalue weighted by molar-refractivity contribution is -0.0498. The molecule has 0 aromatic carbocycles. The van der Waals surface area contributed by atoms with Crippen LogP contribution >= 0.6 is 11.3 Å². The molecule has 1 aromatic rings. The summed E-state index contributed by atoms with van der Waals surface area (Å²) in [5, 5.41) is 12.3. The summed E-state index contributed by atoms with van der Waals surface area (Å²) in [6, 6.07) is 2.40. The Kier molecular flexibility index (Phi) is 4.19. The summed E-state index contributed by atoms with van der Waals surface area (Å²) in [6.45, 7) is -1.49. The van der Waals surface area contributed by atoms with Crippen LogP contribution in [0.4, 0.5) is 8.78 Å². The maximum atomic E-state index is 12.0. The van der Waals surface area contributed by atoms with E-state index in [9.17, 15) is 13.6 Å². The lowest BCUT2D eigenvalue weighted by atomic mass is 10.3. The Hall–Kier alpha value is -1.68. The van der Waals surface area contributed by atoms with Crippen LogP contribution in [-0.2, 0) is 0 Å². The molecule has 1 amide bonds. The van der Waals surface area contributed by atoms with Gasteiger partial charge in [0, 0.05) is 0 Å². The summed E-state index contributed by atoms with van der Waals surface area (Å²) in [7, 11) is 0. The number of halogens is 2. The van der Waals surface area contributed by atoms with Gasteiger partial charge in [0.15, 0.2) is 0 Å². The molecule has 0 unspecified atom stereocenters. The van der Waals surface area contributed by atoms with Gasteiger partial charge in [0.1, 0.15) is 16.7 Å². The standard InChI is InChI=1S/C9H8F2N2O2S/c1-5(4-12)13-8(14)7-6(2-3-16-7)15-9(10)11/h2-3,5,9H,1H3,(H,13,14)/t5-/m0/s1. The third kappa shape index (κ3) is 3.17. The molecule has 1 aromatic heterocycles. The van der Waals surface area contributed by atoms with Gasteiger partial charge in [0.05, 0.1) is 6.07 Å². The maximum Gasteiger partial charge on any atom is 0.387 e. The Morgan fingerprint density at radius 3 is 2.94 bits per heavy atom. The summed E-state index contributed by atoms with van der Waals surface area (Å²) in [5.74, 6) is -0.776. The van der Waals surface area contributed by atoms with Crippen LogP contribution in [0.5, 0.6) is 5.75 Å². The van der Waals surface area contributed by atoms with Crippen LogP contribution in [0.3, 0.4) is 0 Å². The van der Waals surface area contributed by atoms with Crippen molar-refractivity contribution < 1.29 is 18.3 Å². The van der Waals surface area contributed by atoms with Crippen LogP contribution in [0.25, 0.3) is 0 Å². The van der Waals surface area contributed by atoms with Crippen LogP contribution in [0, 0.1) is 11.3 Å². The number of hydrogen-bond acceptors (Lipinski definition) is 4. The number of nitriles is 1. The predicted molar refractivity (Wildman–Crippen MR) is 53.5 cm³/mol. The number of nitrogens with one attached hydrogen (secondary N) is 1. The third-order valence-electron chi connectivity index (χ3n) is 1.59. The first-order chi connectivity index (χ1) is 7.54. The van der Waals surface area contributed by atoms with E-state index in [1.165, 1.54) is 18.4 Å². The molecule has 1 heterocycles. The minimum Gasteiger partial charge on any atom is -0.433 e. The molecule has 0 aliphatic rings. The second-order valence-corrected chi connectivity index (χ2v) is 3.73. The summed E-state index contributed by atoms with van der Waals surface area (Å²) >= 11 is 0.972. The van der Waals surface area contributed by atoms with Gasteiger partial charge in [-0.15, -0.1) is 11.3 Å². The Bertz CT molecular complexity index is 414. The quantitative estimate of drug-likeness (QED) is 0.883. The average Bonchev–Trinajstić information content (AvgIpc) is 2.64. The zero-order valence-electron chi connectivity index (χ0n) is 8.24. The molecule has 86 valence electrons. The van der Waals surface area contributed by atoms with Crippen molar-refractivity contribution in [3.05, 3.63) is 16.3 Å². The molecule has 1 N–H and O–H groups in total. The highest BCUT2D eigenvalue weighted by atomic mass is 32.1. The molecule has 0 spiro atoms. The molecule has 0 fully saturated rings. The first-order valence-corrected chi connectivity index (χ1v) is 5.15. The van der Waals surface area contributed by atoms with E-state index in [0.29, 0.717) is 0 Å². The van der Waals surface area contributed by atoms with E-state index in [1.807, 2.05) is 0 Å². The van der Waals surface area contributed by atoms with Gasteiger partial charge >= 0.3 is 6.61 Å². The van der Waals surface area contributed by atoms with E-state index in [-0.39, 0.29) is 10.6 Å². The number of nitrogens with zero attached hydrogens (tertiary/aromatic N) is 1. The van der Waals surface area contributed by atoms with Gasteiger partial charge in [0.2, 0.25) is 0 Å². The van der Waals surface area contributed by atoms with E-state index in [1.54, 1.807) is 6.07 Å². The van der Waals surface area contributed by atoms with Crippen molar-refractivity contribution in [3.8, 4) is 11.8 Å². The van der Waals surface area contributed by atoms with Crippen LogP contribution < -0.4 is 10.1 Å². The van der Waals surface area contributed by atoms with Crippen molar-refractivity contribution in [3.63, 3.8) is 0 Å². The molecule has 0 bridgehead atoms. The SMILES string of the molecule is C[C@@H](C#N)NC(=O)c1sccc1OC(F)F. The Balaban J connectivity index is 2.76. The van der Waals surface area contributed by atoms with E-state index in [2.05, 4.69) is 10.1 Å². The van der Waals surface area contributed by atoms with Crippen LogP contribution in [0.15, 0.2) is 11.4 Å². The van der Waals surface area contributed by atoms with Crippen molar-refractivity contribution >= 4 is 17.2 Å². The van der Waals surface area contributed by atoms with Crippen molar-refractivity contribution in [2.24, 2.45) is 0 Å². The number of hydrogen-bond donors (Lipinski definition) is 1. The molecule has 0 saturated heterocycles. The number of carbonyl (C=O) groups excluding carboxylic acids is 1. The normalized spacial score (nSPS) is 11.9. The molecular weight excluding hydrogens is 238 g/mol. The van der Waals surface area contributed by atoms with E-state index in [4.69, 9.17) is 5.26 Å². The van der Waals surface area contributed by atoms with Gasteiger partial charge in [-0.2, -0.15) is 14.0 Å². The monoisotopic (exact) mass is 246 g/mol. The Labute approximate surface area is 94.4 Å². The number of rotatable bonds is 4. The molecule has 4 nitrogen and oxygen atoms in total. The molecule has 0 radical (unpaired) electrons. The van der Waals surface area contributed by atoms with Crippen LogP contribution in [0.1, 0.15) is 16.6 Å². The number of carbonyl (C=O) groups is 1. The molecule has 0 aliphatic heterocycles. The topological polar surface area (TPSA) is 62.1 Å². The largest absolute Gasteiger partial charge is 0.433 e. The molecule has 0 aliphatic carbocycles. The minimum atomic E-state index is -2.98. The molecular formula is C9H8F2N2O2S. The minimum absolute atomic E-state index is 0.0300. The zero-order valence-corrected chi connectivity index (χ0v) is 9.05. The zero-order chi connectivity index (χ0) is 12.1. The second kappa shape index (κ2) is 5.42. The van der Waals surface area contributed by atoms with Crippen molar-refractivity contribution in [1.29, 1.82) is 5.26 Å². The highest BCUT2D eigenvalue weighted by Crippen LogP contribution is 2.26. The van der Waals surface area contributed by atoms with E-state index >= 15 is 0 Å². The van der Waals surface area contributed by atoms with Gasteiger partial charge in [-0.3, -0.25) is 4.79 Å². The fraction of sp³-hybridized carbons (Fsp3) is 0.333. The number of amides is 1. The van der Waals surface area contributed by atoms with Gasteiger partial charge in [0.25, 0.3) is 5.91 Å². The first kappa shape index (κ1) is 12.4. The van der Waals surface area contributed by atoms with Gasteiger partial charge in [-0.1, -0.05) is 0 Å². The maximum absolute atomic E-state index is 12.0. The average molecular weight is 246 g/mol. The summed E-state index contributed by atoms with van der Waals surface area (Å²) in [6.07, 6.45) is 0. The number of thiophene rings is 1.